The Morgan fingerprint density at radius 3 is 2.55 bits per heavy atom. The highest BCUT2D eigenvalue weighted by atomic mass is 35.5. The molecule has 1 N–H and O–H groups in total. The Morgan fingerprint density at radius 1 is 1.25 bits per heavy atom. The molecule has 6 heteroatoms. The zero-order chi connectivity index (χ0) is 14.6. The Morgan fingerprint density at radius 2 is 1.95 bits per heavy atom. The molecule has 0 radical (unpaired) electrons. The number of aromatic nitrogens is 1. The lowest BCUT2D eigenvalue weighted by Gasteiger charge is -2.35. The van der Waals surface area contributed by atoms with E-state index in [-0.39, 0.29) is 11.2 Å². The highest BCUT2D eigenvalue weighted by molar-refractivity contribution is 6.18. The van der Waals surface area contributed by atoms with Gasteiger partial charge >= 0.3 is 6.18 Å². The van der Waals surface area contributed by atoms with Gasteiger partial charge in [0.2, 0.25) is 0 Å². The van der Waals surface area contributed by atoms with E-state index in [1.807, 2.05) is 0 Å². The summed E-state index contributed by atoms with van der Waals surface area (Å²) in [5.41, 5.74) is -0.700. The van der Waals surface area contributed by atoms with Crippen molar-refractivity contribution in [3.8, 4) is 0 Å². The van der Waals surface area contributed by atoms with Crippen LogP contribution in [-0.2, 0) is 6.18 Å². The summed E-state index contributed by atoms with van der Waals surface area (Å²) in [5, 5.41) is 3.02. The molecule has 1 aliphatic carbocycles. The first kappa shape index (κ1) is 15.4. The van der Waals surface area contributed by atoms with Gasteiger partial charge in [0, 0.05) is 24.0 Å². The molecule has 1 aromatic heterocycles. The van der Waals surface area contributed by atoms with Gasteiger partial charge in [0.15, 0.2) is 0 Å². The molecule has 1 aliphatic rings. The van der Waals surface area contributed by atoms with Gasteiger partial charge in [-0.1, -0.05) is 19.3 Å². The van der Waals surface area contributed by atoms with E-state index in [9.17, 15) is 13.2 Å². The average molecular weight is 307 g/mol. The van der Waals surface area contributed by atoms with Crippen LogP contribution in [0.4, 0.5) is 19.0 Å². The molecule has 0 amide bonds. The van der Waals surface area contributed by atoms with Crippen molar-refractivity contribution in [3.63, 3.8) is 0 Å². The zero-order valence-corrected chi connectivity index (χ0v) is 11.9. The summed E-state index contributed by atoms with van der Waals surface area (Å²) in [7, 11) is 0. The van der Waals surface area contributed by atoms with Crippen LogP contribution in [0.2, 0.25) is 0 Å². The highest BCUT2D eigenvalue weighted by Gasteiger charge is 2.32. The lowest BCUT2D eigenvalue weighted by Crippen LogP contribution is -2.34. The van der Waals surface area contributed by atoms with E-state index < -0.39 is 11.7 Å². The molecule has 112 valence electrons. The van der Waals surface area contributed by atoms with Gasteiger partial charge in [-0.2, -0.15) is 13.2 Å². The zero-order valence-electron chi connectivity index (χ0n) is 11.1. The van der Waals surface area contributed by atoms with E-state index >= 15 is 0 Å². The van der Waals surface area contributed by atoms with Crippen molar-refractivity contribution in [2.45, 2.75) is 38.3 Å². The van der Waals surface area contributed by atoms with Gasteiger partial charge in [0.1, 0.15) is 5.82 Å². The van der Waals surface area contributed by atoms with E-state index in [0.29, 0.717) is 12.4 Å². The Labute approximate surface area is 121 Å². The minimum atomic E-state index is -4.34. The number of hydrogen-bond donors (Lipinski definition) is 1. The largest absolute Gasteiger partial charge is 0.416 e. The summed E-state index contributed by atoms with van der Waals surface area (Å²) in [4.78, 5) is 3.95. The molecule has 0 bridgehead atoms. The van der Waals surface area contributed by atoms with E-state index in [2.05, 4.69) is 10.3 Å². The van der Waals surface area contributed by atoms with E-state index in [0.717, 1.165) is 37.8 Å². The standard InChI is InChI=1S/C14H18ClF3N2/c15-9-13(5-2-1-3-6-13)10-20-12-8-11(4-7-19-12)14(16,17)18/h4,7-8H,1-3,5-6,9-10H2,(H,19,20). The van der Waals surface area contributed by atoms with Gasteiger partial charge in [0.05, 0.1) is 5.56 Å². The van der Waals surface area contributed by atoms with Gasteiger partial charge in [0.25, 0.3) is 0 Å². The molecule has 1 saturated carbocycles. The summed E-state index contributed by atoms with van der Waals surface area (Å²) < 4.78 is 37.9. The molecular formula is C14H18ClF3N2. The van der Waals surface area contributed by atoms with E-state index in [1.165, 1.54) is 12.6 Å². The summed E-state index contributed by atoms with van der Waals surface area (Å²) in [5.74, 6) is 0.786. The normalized spacial score (nSPS) is 18.8. The maximum absolute atomic E-state index is 12.6. The number of nitrogens with one attached hydrogen (secondary N) is 1. The first-order chi connectivity index (χ1) is 9.45. The van der Waals surface area contributed by atoms with Crippen LogP contribution in [0.25, 0.3) is 0 Å². The topological polar surface area (TPSA) is 24.9 Å². The van der Waals surface area contributed by atoms with Crippen molar-refractivity contribution in [1.82, 2.24) is 4.98 Å². The maximum atomic E-state index is 12.6. The van der Waals surface area contributed by atoms with Crippen LogP contribution in [0.3, 0.4) is 0 Å². The van der Waals surface area contributed by atoms with Crippen LogP contribution in [0.1, 0.15) is 37.7 Å². The molecule has 0 unspecified atom stereocenters. The van der Waals surface area contributed by atoms with Gasteiger partial charge in [-0.15, -0.1) is 11.6 Å². The average Bonchev–Trinajstić information content (AvgIpc) is 2.46. The lowest BCUT2D eigenvalue weighted by molar-refractivity contribution is -0.137. The van der Waals surface area contributed by atoms with Crippen molar-refractivity contribution < 1.29 is 13.2 Å². The van der Waals surface area contributed by atoms with E-state index in [1.54, 1.807) is 0 Å². The van der Waals surface area contributed by atoms with Crippen molar-refractivity contribution in [2.75, 3.05) is 17.7 Å². The van der Waals surface area contributed by atoms with E-state index in [4.69, 9.17) is 11.6 Å². The highest BCUT2D eigenvalue weighted by Crippen LogP contribution is 2.37. The third-order valence-electron chi connectivity index (χ3n) is 3.93. The first-order valence-corrected chi connectivity index (χ1v) is 7.32. The predicted octanol–water partition coefficient (Wildman–Crippen LogP) is 4.70. The first-order valence-electron chi connectivity index (χ1n) is 6.78. The molecule has 20 heavy (non-hydrogen) atoms. The Hall–Kier alpha value is -0.970. The summed E-state index contributed by atoms with van der Waals surface area (Å²) >= 11 is 6.07. The molecule has 0 aromatic carbocycles. The summed E-state index contributed by atoms with van der Waals surface area (Å²) in [6.45, 7) is 0.574. The minimum absolute atomic E-state index is 0.0181. The molecule has 1 aromatic rings. The molecule has 1 fully saturated rings. The van der Waals surface area contributed by atoms with Crippen molar-refractivity contribution >= 4 is 17.4 Å². The second-order valence-corrected chi connectivity index (χ2v) is 5.74. The number of nitrogens with zero attached hydrogens (tertiary/aromatic N) is 1. The molecule has 0 aliphatic heterocycles. The minimum Gasteiger partial charge on any atom is -0.369 e. The molecule has 0 spiro atoms. The van der Waals surface area contributed by atoms with Crippen molar-refractivity contribution in [1.29, 1.82) is 0 Å². The molecule has 2 nitrogen and oxygen atoms in total. The number of hydrogen-bond acceptors (Lipinski definition) is 2. The maximum Gasteiger partial charge on any atom is 0.416 e. The predicted molar refractivity (Wildman–Crippen MR) is 74.0 cm³/mol. The van der Waals surface area contributed by atoms with Gasteiger partial charge in [-0.3, -0.25) is 0 Å². The third-order valence-corrected chi connectivity index (χ3v) is 4.50. The summed E-state index contributed by atoms with van der Waals surface area (Å²) in [6.07, 6.45) is 2.34. The SMILES string of the molecule is FC(F)(F)c1ccnc(NCC2(CCl)CCCCC2)c1. The number of alkyl halides is 4. The van der Waals surface area contributed by atoms with Gasteiger partial charge in [-0.05, 0) is 25.0 Å². The Bertz CT molecular complexity index is 442. The lowest BCUT2D eigenvalue weighted by atomic mass is 9.75. The number of pyridine rings is 1. The van der Waals surface area contributed by atoms with Crippen LogP contribution < -0.4 is 5.32 Å². The fourth-order valence-electron chi connectivity index (χ4n) is 2.64. The van der Waals surface area contributed by atoms with Crippen LogP contribution in [-0.4, -0.2) is 17.4 Å². The van der Waals surface area contributed by atoms with Crippen molar-refractivity contribution in [3.05, 3.63) is 23.9 Å². The van der Waals surface area contributed by atoms with Gasteiger partial charge < -0.3 is 5.32 Å². The molecule has 0 atom stereocenters. The Balaban J connectivity index is 2.03. The number of halogens is 4. The smallest absolute Gasteiger partial charge is 0.369 e. The third kappa shape index (κ3) is 3.78. The number of anilines is 1. The fourth-order valence-corrected chi connectivity index (χ4v) is 3.00. The quantitative estimate of drug-likeness (QED) is 0.815. The summed E-state index contributed by atoms with van der Waals surface area (Å²) in [6, 6.07) is 2.02. The van der Waals surface area contributed by atoms with Gasteiger partial charge in [-0.25, -0.2) is 4.98 Å². The van der Waals surface area contributed by atoms with Crippen LogP contribution in [0.15, 0.2) is 18.3 Å². The molecule has 2 rings (SSSR count). The molecule has 0 saturated heterocycles. The van der Waals surface area contributed by atoms with Crippen LogP contribution >= 0.6 is 11.6 Å². The van der Waals surface area contributed by atoms with Crippen LogP contribution in [0.5, 0.6) is 0 Å². The molecular weight excluding hydrogens is 289 g/mol. The van der Waals surface area contributed by atoms with Crippen LogP contribution in [0, 0.1) is 5.41 Å². The Kier molecular flexibility index (Phi) is 4.78. The second-order valence-electron chi connectivity index (χ2n) is 5.48. The molecule has 1 heterocycles. The second kappa shape index (κ2) is 6.20. The van der Waals surface area contributed by atoms with Crippen molar-refractivity contribution in [2.24, 2.45) is 5.41 Å². The number of rotatable bonds is 4. The monoisotopic (exact) mass is 306 g/mol. The fraction of sp³-hybridized carbons (Fsp3) is 0.643.